The van der Waals surface area contributed by atoms with Gasteiger partial charge < -0.3 is 5.73 Å². The molecule has 8 heteroatoms. The van der Waals surface area contributed by atoms with Crippen LogP contribution < -0.4 is 5.73 Å². The predicted octanol–water partition coefficient (Wildman–Crippen LogP) is 2.17. The van der Waals surface area contributed by atoms with Crippen molar-refractivity contribution in [3.05, 3.63) is 22.8 Å². The Morgan fingerprint density at radius 2 is 1.95 bits per heavy atom. The lowest BCUT2D eigenvalue weighted by atomic mass is 10.1. The molecule has 0 saturated carbocycles. The molecule has 0 atom stereocenters. The highest BCUT2D eigenvalue weighted by molar-refractivity contribution is 7.20. The van der Waals surface area contributed by atoms with Gasteiger partial charge in [0.05, 0.1) is 5.69 Å². The van der Waals surface area contributed by atoms with Crippen LogP contribution in [0.5, 0.6) is 0 Å². The standard InChI is InChI=1S/C14H21N7S/c1-4-5-8-20-10(3)11(9(2)18-20)6-7-12-16-17-14-21(12)19-13(15)22-14/h4-8H2,1-3H3,(H2,15,19). The largest absolute Gasteiger partial charge is 0.374 e. The second-order valence-corrected chi connectivity index (χ2v) is 6.46. The van der Waals surface area contributed by atoms with Gasteiger partial charge in [0.15, 0.2) is 5.82 Å². The van der Waals surface area contributed by atoms with E-state index < -0.39 is 0 Å². The van der Waals surface area contributed by atoms with E-state index in [-0.39, 0.29) is 0 Å². The number of nitrogens with zero attached hydrogens (tertiary/aromatic N) is 6. The number of nitrogens with two attached hydrogens (primary N) is 1. The van der Waals surface area contributed by atoms with Crippen LogP contribution in [0.2, 0.25) is 0 Å². The first-order valence-corrected chi connectivity index (χ1v) is 8.41. The Hall–Kier alpha value is -1.96. The van der Waals surface area contributed by atoms with Crippen molar-refractivity contribution in [1.29, 1.82) is 0 Å². The van der Waals surface area contributed by atoms with Gasteiger partial charge in [0.2, 0.25) is 10.1 Å². The monoisotopic (exact) mass is 319 g/mol. The summed E-state index contributed by atoms with van der Waals surface area (Å²) < 4.78 is 3.86. The molecule has 0 unspecified atom stereocenters. The normalized spacial score (nSPS) is 11.6. The van der Waals surface area contributed by atoms with Crippen molar-refractivity contribution < 1.29 is 0 Å². The number of nitrogen functional groups attached to an aromatic ring is 1. The number of unbranched alkanes of at least 4 members (excludes halogenated alkanes) is 1. The van der Waals surface area contributed by atoms with Crippen LogP contribution in [0.25, 0.3) is 4.96 Å². The summed E-state index contributed by atoms with van der Waals surface area (Å²) in [7, 11) is 0. The lowest BCUT2D eigenvalue weighted by Crippen LogP contribution is -2.04. The van der Waals surface area contributed by atoms with Gasteiger partial charge in [-0.1, -0.05) is 24.7 Å². The molecular weight excluding hydrogens is 298 g/mol. The molecule has 22 heavy (non-hydrogen) atoms. The highest BCUT2D eigenvalue weighted by atomic mass is 32.1. The van der Waals surface area contributed by atoms with Crippen LogP contribution in [-0.4, -0.2) is 29.6 Å². The van der Waals surface area contributed by atoms with Crippen LogP contribution in [0.15, 0.2) is 0 Å². The highest BCUT2D eigenvalue weighted by Crippen LogP contribution is 2.19. The summed E-state index contributed by atoms with van der Waals surface area (Å²) in [5.74, 6) is 0.850. The molecule has 3 aromatic rings. The SMILES string of the molecule is CCCCn1nc(C)c(CCc2nnc3sc(N)nn23)c1C. The van der Waals surface area contributed by atoms with Crippen molar-refractivity contribution in [1.82, 2.24) is 29.6 Å². The molecule has 118 valence electrons. The van der Waals surface area contributed by atoms with E-state index in [4.69, 9.17) is 5.73 Å². The molecule has 3 heterocycles. The van der Waals surface area contributed by atoms with E-state index >= 15 is 0 Å². The van der Waals surface area contributed by atoms with Crippen LogP contribution >= 0.6 is 11.3 Å². The lowest BCUT2D eigenvalue weighted by molar-refractivity contribution is 0.555. The maximum atomic E-state index is 5.71. The Kier molecular flexibility index (Phi) is 4.10. The topological polar surface area (TPSA) is 86.9 Å². The molecule has 0 bridgehead atoms. The van der Waals surface area contributed by atoms with Gasteiger partial charge in [-0.05, 0) is 32.3 Å². The third kappa shape index (κ3) is 2.70. The second kappa shape index (κ2) is 6.04. The summed E-state index contributed by atoms with van der Waals surface area (Å²) in [6, 6.07) is 0. The zero-order valence-electron chi connectivity index (χ0n) is 13.2. The van der Waals surface area contributed by atoms with E-state index in [0.29, 0.717) is 5.13 Å². The molecule has 3 rings (SSSR count). The number of hydrogen-bond acceptors (Lipinski definition) is 6. The average Bonchev–Trinajstić information content (AvgIpc) is 3.10. The summed E-state index contributed by atoms with van der Waals surface area (Å²) in [5, 5.41) is 17.7. The summed E-state index contributed by atoms with van der Waals surface area (Å²) in [6.45, 7) is 7.40. The van der Waals surface area contributed by atoms with Crippen molar-refractivity contribution >= 4 is 21.4 Å². The van der Waals surface area contributed by atoms with Gasteiger partial charge in [-0.15, -0.1) is 15.3 Å². The summed E-state index contributed by atoms with van der Waals surface area (Å²) in [5.41, 5.74) is 9.37. The van der Waals surface area contributed by atoms with Crippen LogP contribution in [-0.2, 0) is 19.4 Å². The minimum Gasteiger partial charge on any atom is -0.374 e. The molecule has 0 aliphatic rings. The first kappa shape index (κ1) is 15.0. The Morgan fingerprint density at radius 1 is 1.14 bits per heavy atom. The van der Waals surface area contributed by atoms with Gasteiger partial charge in [0.1, 0.15) is 0 Å². The molecule has 0 spiro atoms. The number of anilines is 1. The average molecular weight is 319 g/mol. The Balaban J connectivity index is 1.77. The zero-order chi connectivity index (χ0) is 15.7. The maximum Gasteiger partial charge on any atom is 0.236 e. The van der Waals surface area contributed by atoms with Crippen molar-refractivity contribution in [2.24, 2.45) is 0 Å². The smallest absolute Gasteiger partial charge is 0.236 e. The van der Waals surface area contributed by atoms with Crippen LogP contribution in [0.3, 0.4) is 0 Å². The zero-order valence-corrected chi connectivity index (χ0v) is 14.0. The Labute approximate surface area is 133 Å². The predicted molar refractivity (Wildman–Crippen MR) is 87.1 cm³/mol. The second-order valence-electron chi connectivity index (χ2n) is 5.48. The lowest BCUT2D eigenvalue weighted by Gasteiger charge is -2.04. The minimum absolute atomic E-state index is 0.519. The van der Waals surface area contributed by atoms with Gasteiger partial charge in [0, 0.05) is 18.7 Å². The summed E-state index contributed by atoms with van der Waals surface area (Å²) in [4.78, 5) is 0.750. The summed E-state index contributed by atoms with van der Waals surface area (Å²) >= 11 is 1.35. The molecule has 0 aromatic carbocycles. The van der Waals surface area contributed by atoms with Crippen molar-refractivity contribution in [2.45, 2.75) is 53.0 Å². The van der Waals surface area contributed by atoms with E-state index in [2.05, 4.69) is 45.8 Å². The van der Waals surface area contributed by atoms with Crippen molar-refractivity contribution in [2.75, 3.05) is 5.73 Å². The fourth-order valence-corrected chi connectivity index (χ4v) is 3.31. The molecule has 0 fully saturated rings. The minimum atomic E-state index is 0.519. The van der Waals surface area contributed by atoms with Gasteiger partial charge in [-0.25, -0.2) is 0 Å². The Bertz CT molecular complexity index is 783. The number of fused-ring (bicyclic) bond motifs is 1. The maximum absolute atomic E-state index is 5.71. The number of aromatic nitrogens is 6. The molecule has 0 radical (unpaired) electrons. The van der Waals surface area contributed by atoms with Crippen molar-refractivity contribution in [3.8, 4) is 0 Å². The number of rotatable bonds is 6. The highest BCUT2D eigenvalue weighted by Gasteiger charge is 2.14. The molecule has 0 aliphatic heterocycles. The van der Waals surface area contributed by atoms with E-state index in [1.807, 2.05) is 0 Å². The first-order valence-electron chi connectivity index (χ1n) is 7.59. The molecule has 7 nitrogen and oxygen atoms in total. The fourth-order valence-electron chi connectivity index (χ4n) is 2.69. The van der Waals surface area contributed by atoms with Crippen LogP contribution in [0.4, 0.5) is 5.13 Å². The van der Waals surface area contributed by atoms with Gasteiger partial charge >= 0.3 is 0 Å². The molecular formula is C14H21N7S. The molecule has 3 aromatic heterocycles. The van der Waals surface area contributed by atoms with Crippen molar-refractivity contribution in [3.63, 3.8) is 0 Å². The van der Waals surface area contributed by atoms with Gasteiger partial charge in [-0.3, -0.25) is 4.68 Å². The number of aryl methyl sites for hydroxylation is 3. The molecule has 0 amide bonds. The van der Waals surface area contributed by atoms with Gasteiger partial charge in [-0.2, -0.15) is 9.61 Å². The fraction of sp³-hybridized carbons (Fsp3) is 0.571. The van der Waals surface area contributed by atoms with E-state index in [9.17, 15) is 0 Å². The van der Waals surface area contributed by atoms with Gasteiger partial charge in [0.25, 0.3) is 0 Å². The quantitative estimate of drug-likeness (QED) is 0.752. The molecule has 0 aliphatic carbocycles. The molecule has 2 N–H and O–H groups in total. The van der Waals surface area contributed by atoms with E-state index in [1.54, 1.807) is 4.52 Å². The van der Waals surface area contributed by atoms with Crippen LogP contribution in [0.1, 0.15) is 42.5 Å². The third-order valence-corrected chi connectivity index (χ3v) is 4.65. The first-order chi connectivity index (χ1) is 10.6. The molecule has 0 saturated heterocycles. The summed E-state index contributed by atoms with van der Waals surface area (Å²) in [6.07, 6.45) is 4.01. The van der Waals surface area contributed by atoms with Crippen LogP contribution in [0, 0.1) is 13.8 Å². The van der Waals surface area contributed by atoms with E-state index in [1.165, 1.54) is 29.0 Å². The third-order valence-electron chi connectivity index (χ3n) is 3.92. The number of hydrogen-bond donors (Lipinski definition) is 1. The van der Waals surface area contributed by atoms with E-state index in [0.717, 1.165) is 42.3 Å². The Morgan fingerprint density at radius 3 is 2.73 bits per heavy atom.